The molecule has 0 aromatic heterocycles. The Morgan fingerprint density at radius 2 is 2.33 bits per heavy atom. The number of aliphatic imine (C=N–C) groups is 1. The van der Waals surface area contributed by atoms with Crippen LogP contribution in [0.25, 0.3) is 0 Å². The lowest BCUT2D eigenvalue weighted by Gasteiger charge is -2.60. The summed E-state index contributed by atoms with van der Waals surface area (Å²) in [5.41, 5.74) is 0.177. The molecule has 2 N–H and O–H groups in total. The van der Waals surface area contributed by atoms with Crippen LogP contribution in [-0.4, -0.2) is 38.3 Å². The quantitative estimate of drug-likeness (QED) is 0.454. The van der Waals surface area contributed by atoms with Crippen molar-refractivity contribution in [2.75, 3.05) is 20.2 Å². The van der Waals surface area contributed by atoms with Crippen molar-refractivity contribution in [2.24, 2.45) is 16.3 Å². The number of guanidine groups is 1. The van der Waals surface area contributed by atoms with Gasteiger partial charge in [0, 0.05) is 37.6 Å². The second-order valence-corrected chi connectivity index (χ2v) is 5.78. The molecule has 0 radical (unpaired) electrons. The predicted octanol–water partition coefficient (Wildman–Crippen LogP) is 1.54. The summed E-state index contributed by atoms with van der Waals surface area (Å²) in [4.78, 5) is 4.26. The smallest absolute Gasteiger partial charge is 0.191 e. The van der Waals surface area contributed by atoms with Crippen LogP contribution in [0.5, 0.6) is 0 Å². The highest BCUT2D eigenvalue weighted by atomic mass is 16.5. The van der Waals surface area contributed by atoms with E-state index in [2.05, 4.69) is 36.1 Å². The topological polar surface area (TPSA) is 45.7 Å². The summed E-state index contributed by atoms with van der Waals surface area (Å²) in [6.07, 6.45) is 4.67. The highest BCUT2D eigenvalue weighted by Crippen LogP contribution is 2.51. The van der Waals surface area contributed by atoms with Gasteiger partial charge in [-0.3, -0.25) is 4.99 Å². The van der Waals surface area contributed by atoms with E-state index >= 15 is 0 Å². The fraction of sp³-hybridized carbons (Fsp3) is 0.786. The number of rotatable bonds is 3. The van der Waals surface area contributed by atoms with Crippen LogP contribution in [0.1, 0.15) is 26.7 Å². The van der Waals surface area contributed by atoms with E-state index in [1.54, 1.807) is 7.05 Å². The lowest BCUT2D eigenvalue weighted by Crippen LogP contribution is -2.71. The van der Waals surface area contributed by atoms with E-state index in [1.807, 2.05) is 6.08 Å². The Hall–Kier alpha value is -1.03. The average Bonchev–Trinajstić information content (AvgIpc) is 2.39. The maximum Gasteiger partial charge on any atom is 0.191 e. The Kier molecular flexibility index (Phi) is 3.95. The second-order valence-electron chi connectivity index (χ2n) is 5.78. The lowest BCUT2D eigenvalue weighted by molar-refractivity contribution is -0.188. The summed E-state index contributed by atoms with van der Waals surface area (Å²) in [6.45, 7) is 9.91. The molecule has 4 nitrogen and oxygen atoms in total. The molecule has 1 saturated heterocycles. The van der Waals surface area contributed by atoms with E-state index in [4.69, 9.17) is 4.74 Å². The molecule has 2 rings (SSSR count). The summed E-state index contributed by atoms with van der Waals surface area (Å²) in [5, 5.41) is 6.77. The number of hydrogen-bond donors (Lipinski definition) is 2. The molecule has 1 heterocycles. The molecule has 1 aliphatic carbocycles. The Morgan fingerprint density at radius 3 is 3.00 bits per heavy atom. The number of nitrogens with zero attached hydrogens (tertiary/aromatic N) is 1. The first-order valence-electron chi connectivity index (χ1n) is 6.81. The van der Waals surface area contributed by atoms with Crippen molar-refractivity contribution in [3.8, 4) is 0 Å². The first kappa shape index (κ1) is 13.4. The Labute approximate surface area is 110 Å². The lowest BCUT2D eigenvalue weighted by atomic mass is 9.55. The van der Waals surface area contributed by atoms with Gasteiger partial charge in [-0.2, -0.15) is 0 Å². The third kappa shape index (κ3) is 2.26. The average molecular weight is 251 g/mol. The SMILES string of the molecule is C=CCNC(=NC)NC1C2CCCOC2C1(C)C. The molecule has 1 saturated carbocycles. The van der Waals surface area contributed by atoms with Gasteiger partial charge >= 0.3 is 0 Å². The molecule has 4 heteroatoms. The Balaban J connectivity index is 1.97. The Morgan fingerprint density at radius 1 is 1.56 bits per heavy atom. The van der Waals surface area contributed by atoms with Crippen LogP contribution < -0.4 is 10.6 Å². The third-order valence-electron chi connectivity index (χ3n) is 4.26. The normalized spacial score (nSPS) is 34.2. The van der Waals surface area contributed by atoms with Crippen LogP contribution in [0, 0.1) is 11.3 Å². The first-order chi connectivity index (χ1) is 8.61. The molecule has 1 aliphatic heterocycles. The van der Waals surface area contributed by atoms with Gasteiger partial charge in [-0.1, -0.05) is 19.9 Å². The van der Waals surface area contributed by atoms with Crippen LogP contribution in [0.4, 0.5) is 0 Å². The van der Waals surface area contributed by atoms with E-state index in [9.17, 15) is 0 Å². The van der Waals surface area contributed by atoms with Gasteiger partial charge in [0.2, 0.25) is 0 Å². The molecule has 0 aromatic carbocycles. The van der Waals surface area contributed by atoms with Gasteiger partial charge in [0.25, 0.3) is 0 Å². The number of ether oxygens (including phenoxy) is 1. The van der Waals surface area contributed by atoms with Crippen molar-refractivity contribution in [1.29, 1.82) is 0 Å². The number of nitrogens with one attached hydrogen (secondary N) is 2. The van der Waals surface area contributed by atoms with Crippen LogP contribution in [-0.2, 0) is 4.74 Å². The molecule has 0 amide bonds. The molecule has 0 aromatic rings. The van der Waals surface area contributed by atoms with Crippen molar-refractivity contribution in [1.82, 2.24) is 10.6 Å². The van der Waals surface area contributed by atoms with E-state index in [0.29, 0.717) is 18.1 Å². The zero-order chi connectivity index (χ0) is 13.2. The van der Waals surface area contributed by atoms with Crippen LogP contribution >= 0.6 is 0 Å². The molecule has 0 spiro atoms. The molecule has 3 atom stereocenters. The third-order valence-corrected chi connectivity index (χ3v) is 4.26. The predicted molar refractivity (Wildman–Crippen MR) is 74.7 cm³/mol. The summed E-state index contributed by atoms with van der Waals surface area (Å²) < 4.78 is 5.90. The second kappa shape index (κ2) is 5.31. The minimum absolute atomic E-state index is 0.177. The highest BCUT2D eigenvalue weighted by molar-refractivity contribution is 5.80. The molecule has 18 heavy (non-hydrogen) atoms. The van der Waals surface area contributed by atoms with Gasteiger partial charge in [0.05, 0.1) is 6.10 Å². The van der Waals surface area contributed by atoms with E-state index in [-0.39, 0.29) is 5.41 Å². The molecule has 102 valence electrons. The van der Waals surface area contributed by atoms with Crippen molar-refractivity contribution in [2.45, 2.75) is 38.8 Å². The van der Waals surface area contributed by atoms with Crippen molar-refractivity contribution >= 4 is 5.96 Å². The maximum absolute atomic E-state index is 5.90. The van der Waals surface area contributed by atoms with Crippen molar-refractivity contribution in [3.05, 3.63) is 12.7 Å². The zero-order valence-electron chi connectivity index (χ0n) is 11.7. The summed E-state index contributed by atoms with van der Waals surface area (Å²) in [7, 11) is 1.80. The van der Waals surface area contributed by atoms with Gasteiger partial charge < -0.3 is 15.4 Å². The largest absolute Gasteiger partial charge is 0.377 e. The molecule has 2 aliphatic rings. The van der Waals surface area contributed by atoms with E-state index < -0.39 is 0 Å². The van der Waals surface area contributed by atoms with Crippen molar-refractivity contribution in [3.63, 3.8) is 0 Å². The minimum atomic E-state index is 0.177. The Bertz CT molecular complexity index is 338. The zero-order valence-corrected chi connectivity index (χ0v) is 11.7. The standard InChI is InChI=1S/C14H25N3O/c1-5-8-16-13(15-4)17-11-10-7-6-9-18-12(10)14(11,2)3/h5,10-12H,1,6-9H2,2-4H3,(H2,15,16,17). The highest BCUT2D eigenvalue weighted by Gasteiger charge is 2.58. The minimum Gasteiger partial charge on any atom is -0.377 e. The molecule has 0 bridgehead atoms. The van der Waals surface area contributed by atoms with E-state index in [1.165, 1.54) is 12.8 Å². The fourth-order valence-electron chi connectivity index (χ4n) is 3.33. The maximum atomic E-state index is 5.90. The van der Waals surface area contributed by atoms with Crippen LogP contribution in [0.2, 0.25) is 0 Å². The van der Waals surface area contributed by atoms with Crippen LogP contribution in [0.3, 0.4) is 0 Å². The molecule has 2 fully saturated rings. The van der Waals surface area contributed by atoms with Gasteiger partial charge in [0.1, 0.15) is 0 Å². The molecule has 3 unspecified atom stereocenters. The molecular formula is C14H25N3O. The monoisotopic (exact) mass is 251 g/mol. The first-order valence-corrected chi connectivity index (χ1v) is 6.81. The molecular weight excluding hydrogens is 226 g/mol. The fourth-order valence-corrected chi connectivity index (χ4v) is 3.33. The summed E-state index contributed by atoms with van der Waals surface area (Å²) in [6, 6.07) is 0.443. The van der Waals surface area contributed by atoms with Gasteiger partial charge in [-0.05, 0) is 12.8 Å². The van der Waals surface area contributed by atoms with Gasteiger partial charge in [-0.15, -0.1) is 6.58 Å². The number of hydrogen-bond acceptors (Lipinski definition) is 2. The van der Waals surface area contributed by atoms with Gasteiger partial charge in [-0.25, -0.2) is 0 Å². The van der Waals surface area contributed by atoms with Gasteiger partial charge in [0.15, 0.2) is 5.96 Å². The van der Waals surface area contributed by atoms with Crippen molar-refractivity contribution < 1.29 is 4.74 Å². The number of fused-ring (bicyclic) bond motifs is 1. The summed E-state index contributed by atoms with van der Waals surface area (Å²) in [5.74, 6) is 1.48. The summed E-state index contributed by atoms with van der Waals surface area (Å²) >= 11 is 0. The van der Waals surface area contributed by atoms with E-state index in [0.717, 1.165) is 19.1 Å². The van der Waals surface area contributed by atoms with Crippen LogP contribution in [0.15, 0.2) is 17.6 Å².